The zero-order chi connectivity index (χ0) is 11.1. The van der Waals surface area contributed by atoms with Crippen molar-refractivity contribution in [1.29, 1.82) is 0 Å². The van der Waals surface area contributed by atoms with Crippen LogP contribution >= 0.6 is 0 Å². The lowest BCUT2D eigenvalue weighted by Crippen LogP contribution is -2.37. The maximum Gasteiger partial charge on any atom is 0.251 e. The van der Waals surface area contributed by atoms with Gasteiger partial charge in [0.25, 0.3) is 5.91 Å². The van der Waals surface area contributed by atoms with Gasteiger partial charge in [0.05, 0.1) is 6.04 Å². The topological polar surface area (TPSA) is 55.1 Å². The Balaban J connectivity index is 2.55. The Kier molecular flexibility index (Phi) is 4.77. The second kappa shape index (κ2) is 6.14. The molecule has 0 aliphatic carbocycles. The minimum atomic E-state index is -0.588. The molecule has 3 N–H and O–H groups in total. The van der Waals surface area contributed by atoms with Crippen molar-refractivity contribution in [2.45, 2.75) is 12.5 Å². The van der Waals surface area contributed by atoms with Crippen molar-refractivity contribution in [2.75, 3.05) is 13.2 Å². The highest BCUT2D eigenvalue weighted by atomic mass is 19.1. The molecule has 0 radical (unpaired) electrons. The summed E-state index contributed by atoms with van der Waals surface area (Å²) >= 11 is 0. The van der Waals surface area contributed by atoms with Gasteiger partial charge in [-0.05, 0) is 25.1 Å². The summed E-state index contributed by atoms with van der Waals surface area (Å²) in [5.74, 6) is -0.258. The zero-order valence-corrected chi connectivity index (χ0v) is 8.45. The monoisotopic (exact) mass is 210 g/mol. The van der Waals surface area contributed by atoms with Crippen LogP contribution in [0.1, 0.15) is 16.8 Å². The molecule has 4 heteroatoms. The second-order valence-electron chi connectivity index (χ2n) is 3.27. The molecule has 0 aromatic heterocycles. The van der Waals surface area contributed by atoms with Crippen LogP contribution in [0, 0.1) is 0 Å². The number of amides is 1. The Morgan fingerprint density at radius 1 is 1.40 bits per heavy atom. The summed E-state index contributed by atoms with van der Waals surface area (Å²) in [6.07, 6.45) is 0.453. The minimum absolute atomic E-state index is 0.258. The number of alkyl halides is 1. The van der Waals surface area contributed by atoms with Gasteiger partial charge in [0.1, 0.15) is 6.67 Å². The number of rotatable bonds is 5. The first-order chi connectivity index (χ1) is 7.27. The van der Waals surface area contributed by atoms with Crippen LogP contribution in [0.25, 0.3) is 0 Å². The van der Waals surface area contributed by atoms with Crippen LogP contribution in [0.2, 0.25) is 0 Å². The molecule has 0 bridgehead atoms. The highest BCUT2D eigenvalue weighted by Crippen LogP contribution is 2.00. The predicted molar refractivity (Wildman–Crippen MR) is 57.3 cm³/mol. The van der Waals surface area contributed by atoms with Crippen molar-refractivity contribution in [3.63, 3.8) is 0 Å². The number of hydrogen-bond donors (Lipinski definition) is 2. The molecule has 0 fully saturated rings. The molecule has 3 nitrogen and oxygen atoms in total. The number of carbonyl (C=O) groups excluding carboxylic acids is 1. The van der Waals surface area contributed by atoms with Gasteiger partial charge in [-0.2, -0.15) is 0 Å². The Morgan fingerprint density at radius 3 is 2.60 bits per heavy atom. The van der Waals surface area contributed by atoms with Crippen LogP contribution in [0.5, 0.6) is 0 Å². The number of carbonyl (C=O) groups is 1. The number of halogens is 1. The van der Waals surface area contributed by atoms with Gasteiger partial charge in [-0.3, -0.25) is 4.79 Å². The van der Waals surface area contributed by atoms with Crippen molar-refractivity contribution < 1.29 is 9.18 Å². The molecule has 0 saturated carbocycles. The summed E-state index contributed by atoms with van der Waals surface area (Å²) in [6, 6.07) is 8.25. The third-order valence-electron chi connectivity index (χ3n) is 2.07. The molecule has 1 atom stereocenters. The van der Waals surface area contributed by atoms with E-state index in [1.165, 1.54) is 0 Å². The fraction of sp³-hybridized carbons (Fsp3) is 0.364. The molecule has 1 amide bonds. The van der Waals surface area contributed by atoms with Gasteiger partial charge in [-0.15, -0.1) is 0 Å². The van der Waals surface area contributed by atoms with Crippen molar-refractivity contribution in [1.82, 2.24) is 5.32 Å². The summed E-state index contributed by atoms with van der Waals surface area (Å²) in [5, 5.41) is 2.59. The van der Waals surface area contributed by atoms with Gasteiger partial charge in [0.15, 0.2) is 0 Å². The average molecular weight is 210 g/mol. The Labute approximate surface area is 88.5 Å². The lowest BCUT2D eigenvalue weighted by molar-refractivity contribution is 0.0928. The molecule has 82 valence electrons. The fourth-order valence-corrected chi connectivity index (χ4v) is 1.25. The normalized spacial score (nSPS) is 12.1. The minimum Gasteiger partial charge on any atom is -0.347 e. The highest BCUT2D eigenvalue weighted by Gasteiger charge is 2.12. The molecule has 0 saturated heterocycles. The maximum absolute atomic E-state index is 12.5. The summed E-state index contributed by atoms with van der Waals surface area (Å²) in [4.78, 5) is 11.6. The van der Waals surface area contributed by atoms with E-state index in [1.54, 1.807) is 24.3 Å². The Hall–Kier alpha value is -1.42. The van der Waals surface area contributed by atoms with Gasteiger partial charge in [-0.25, -0.2) is 4.39 Å². The fourth-order valence-electron chi connectivity index (χ4n) is 1.25. The summed E-state index contributed by atoms with van der Waals surface area (Å²) < 4.78 is 12.5. The van der Waals surface area contributed by atoms with E-state index in [9.17, 15) is 9.18 Å². The van der Waals surface area contributed by atoms with Crippen molar-refractivity contribution in [3.8, 4) is 0 Å². The number of hydrogen-bond acceptors (Lipinski definition) is 2. The largest absolute Gasteiger partial charge is 0.347 e. The molecule has 0 aliphatic heterocycles. The van der Waals surface area contributed by atoms with Gasteiger partial charge < -0.3 is 11.1 Å². The second-order valence-corrected chi connectivity index (χ2v) is 3.27. The Morgan fingerprint density at radius 2 is 2.07 bits per heavy atom. The highest BCUT2D eigenvalue weighted by molar-refractivity contribution is 5.94. The van der Waals surface area contributed by atoms with Crippen molar-refractivity contribution >= 4 is 5.91 Å². The molecule has 1 aromatic rings. The molecule has 1 rings (SSSR count). The summed E-state index contributed by atoms with van der Waals surface area (Å²) in [6.45, 7) is -0.223. The van der Waals surface area contributed by atoms with Gasteiger partial charge >= 0.3 is 0 Å². The quantitative estimate of drug-likeness (QED) is 0.764. The van der Waals surface area contributed by atoms with Crippen LogP contribution in [-0.4, -0.2) is 25.2 Å². The first-order valence-electron chi connectivity index (χ1n) is 4.90. The van der Waals surface area contributed by atoms with Crippen LogP contribution in [0.4, 0.5) is 4.39 Å². The lowest BCUT2D eigenvalue weighted by atomic mass is 10.1. The number of nitrogens with one attached hydrogen (secondary N) is 1. The average Bonchev–Trinajstić information content (AvgIpc) is 2.29. The van der Waals surface area contributed by atoms with Crippen LogP contribution in [0.15, 0.2) is 30.3 Å². The summed E-state index contributed by atoms with van der Waals surface area (Å²) in [7, 11) is 0. The third kappa shape index (κ3) is 3.67. The van der Waals surface area contributed by atoms with Crippen molar-refractivity contribution in [2.24, 2.45) is 5.73 Å². The molecule has 1 unspecified atom stereocenters. The van der Waals surface area contributed by atoms with E-state index in [4.69, 9.17) is 5.73 Å². The number of nitrogens with two attached hydrogens (primary N) is 1. The van der Waals surface area contributed by atoms with E-state index in [0.29, 0.717) is 18.5 Å². The van der Waals surface area contributed by atoms with E-state index < -0.39 is 12.7 Å². The van der Waals surface area contributed by atoms with Crippen LogP contribution in [0.3, 0.4) is 0 Å². The molecule has 0 aliphatic rings. The third-order valence-corrected chi connectivity index (χ3v) is 2.07. The van der Waals surface area contributed by atoms with Crippen LogP contribution < -0.4 is 11.1 Å². The van der Waals surface area contributed by atoms with Gasteiger partial charge in [0, 0.05) is 5.56 Å². The SMILES string of the molecule is NCCC(CF)NC(=O)c1ccccc1. The van der Waals surface area contributed by atoms with E-state index >= 15 is 0 Å². The molecule has 15 heavy (non-hydrogen) atoms. The first-order valence-corrected chi connectivity index (χ1v) is 4.90. The van der Waals surface area contributed by atoms with Gasteiger partial charge in [-0.1, -0.05) is 18.2 Å². The van der Waals surface area contributed by atoms with E-state index in [-0.39, 0.29) is 5.91 Å². The Bertz CT molecular complexity index is 303. The molecular weight excluding hydrogens is 195 g/mol. The smallest absolute Gasteiger partial charge is 0.251 e. The van der Waals surface area contributed by atoms with E-state index in [0.717, 1.165) is 0 Å². The first kappa shape index (κ1) is 11.7. The van der Waals surface area contributed by atoms with Crippen molar-refractivity contribution in [3.05, 3.63) is 35.9 Å². The maximum atomic E-state index is 12.5. The predicted octanol–water partition coefficient (Wildman–Crippen LogP) is 1.10. The number of benzene rings is 1. The molecule has 0 heterocycles. The standard InChI is InChI=1S/C11H15FN2O/c12-8-10(6-7-13)14-11(15)9-4-2-1-3-5-9/h1-5,10H,6-8,13H2,(H,14,15). The van der Waals surface area contributed by atoms with E-state index in [1.807, 2.05) is 6.07 Å². The molecule has 0 spiro atoms. The van der Waals surface area contributed by atoms with E-state index in [2.05, 4.69) is 5.32 Å². The molecule has 1 aromatic carbocycles. The molecular formula is C11H15FN2O. The summed E-state index contributed by atoms with van der Waals surface area (Å²) in [5.41, 5.74) is 5.84. The lowest BCUT2D eigenvalue weighted by Gasteiger charge is -2.14. The van der Waals surface area contributed by atoms with Crippen LogP contribution in [-0.2, 0) is 0 Å². The zero-order valence-electron chi connectivity index (χ0n) is 8.45. The van der Waals surface area contributed by atoms with Gasteiger partial charge in [0.2, 0.25) is 0 Å².